The molecule has 0 aromatic carbocycles. The minimum Gasteiger partial charge on any atom is -0.391 e. The van der Waals surface area contributed by atoms with Crippen LogP contribution in [0.15, 0.2) is 39.5 Å². The minimum absolute atomic E-state index is 0.170. The molecular formula is C22H36N7O12P2+. The Bertz CT molecular complexity index is 1310. The number of pyridine rings is 1. The van der Waals surface area contributed by atoms with Crippen LogP contribution in [0.25, 0.3) is 0 Å². The summed E-state index contributed by atoms with van der Waals surface area (Å²) < 4.78 is 51.5. The highest BCUT2D eigenvalue weighted by atomic mass is 31.3. The first kappa shape index (κ1) is 34.8. The number of phosphoric acid groups is 2. The van der Waals surface area contributed by atoms with Crippen molar-refractivity contribution in [2.75, 3.05) is 19.9 Å². The van der Waals surface area contributed by atoms with Crippen LogP contribution in [0, 0.1) is 0 Å². The van der Waals surface area contributed by atoms with Crippen LogP contribution in [0.3, 0.4) is 0 Å². The highest BCUT2D eigenvalue weighted by molar-refractivity contribution is 7.61. The summed E-state index contributed by atoms with van der Waals surface area (Å²) in [5, 5.41) is 20.1. The van der Waals surface area contributed by atoms with Crippen molar-refractivity contribution in [1.29, 1.82) is 0 Å². The number of carbonyl (C=O) groups excluding carboxylic acids is 1. The van der Waals surface area contributed by atoms with E-state index in [9.17, 15) is 33.9 Å². The minimum atomic E-state index is -5.25. The molecule has 2 aliphatic rings. The fourth-order valence-electron chi connectivity index (χ4n) is 3.74. The summed E-state index contributed by atoms with van der Waals surface area (Å²) >= 11 is 0. The lowest BCUT2D eigenvalue weighted by Crippen LogP contribution is -2.45. The first-order valence-corrected chi connectivity index (χ1v) is 15.8. The van der Waals surface area contributed by atoms with E-state index in [1.54, 1.807) is 24.1 Å². The second-order valence-corrected chi connectivity index (χ2v) is 12.6. The molecule has 8 N–H and O–H groups in total. The number of ether oxygens (including phenoxy) is 2. The summed E-state index contributed by atoms with van der Waals surface area (Å²) in [7, 11) is -10.5. The quantitative estimate of drug-likeness (QED) is 0.0849. The van der Waals surface area contributed by atoms with Gasteiger partial charge >= 0.3 is 15.6 Å². The predicted molar refractivity (Wildman–Crippen MR) is 149 cm³/mol. The lowest BCUT2D eigenvalue weighted by atomic mass is 10.2. The number of nitrogens with zero attached hydrogens (tertiary/aromatic N) is 5. The monoisotopic (exact) mass is 652 g/mol. The molecule has 19 nitrogen and oxygen atoms in total. The van der Waals surface area contributed by atoms with Crippen LogP contribution in [0.1, 0.15) is 37.4 Å². The van der Waals surface area contributed by atoms with E-state index in [4.69, 9.17) is 30.0 Å². The van der Waals surface area contributed by atoms with Gasteiger partial charge in [-0.1, -0.05) is 0 Å². The van der Waals surface area contributed by atoms with Crippen LogP contribution in [0.4, 0.5) is 0 Å². The van der Waals surface area contributed by atoms with Crippen molar-refractivity contribution in [2.24, 2.45) is 26.4 Å². The highest BCUT2D eigenvalue weighted by Crippen LogP contribution is 2.60. The number of aromatic nitrogens is 1. The number of aliphatic hydroxyl groups excluding tert-OH is 2. The van der Waals surface area contributed by atoms with Crippen molar-refractivity contribution in [3.63, 3.8) is 0 Å². The van der Waals surface area contributed by atoms with Crippen LogP contribution < -0.4 is 16.0 Å². The maximum atomic E-state index is 12.4. The van der Waals surface area contributed by atoms with Crippen LogP contribution in [0.5, 0.6) is 0 Å². The van der Waals surface area contributed by atoms with Crippen LogP contribution in [-0.4, -0.2) is 106 Å². The Kier molecular flexibility index (Phi) is 12.0. The number of primary amides is 1. The fraction of sp³-hybridized carbons (Fsp3) is 0.591. The van der Waals surface area contributed by atoms with Crippen molar-refractivity contribution < 1.29 is 61.3 Å². The summed E-state index contributed by atoms with van der Waals surface area (Å²) in [6, 6.07) is 2.52. The third-order valence-electron chi connectivity index (χ3n) is 6.15. The molecule has 3 heterocycles. The number of aliphatic imine (C=N–C) groups is 3. The molecule has 3 rings (SSSR count). The van der Waals surface area contributed by atoms with Gasteiger partial charge in [0.25, 0.3) is 12.1 Å². The van der Waals surface area contributed by atoms with Crippen molar-refractivity contribution in [3.05, 3.63) is 30.1 Å². The first-order valence-electron chi connectivity index (χ1n) is 12.8. The number of amidine groups is 1. The second kappa shape index (κ2) is 14.9. The number of aliphatic hydroxyl groups is 2. The Morgan fingerprint density at radius 1 is 1.09 bits per heavy atom. The number of phosphoric ester groups is 2. The van der Waals surface area contributed by atoms with Gasteiger partial charge in [-0.25, -0.2) is 19.1 Å². The molecule has 9 atom stereocenters. The smallest absolute Gasteiger partial charge is 0.391 e. The van der Waals surface area contributed by atoms with E-state index in [0.29, 0.717) is 0 Å². The van der Waals surface area contributed by atoms with Gasteiger partial charge in [0.1, 0.15) is 42.7 Å². The van der Waals surface area contributed by atoms with Gasteiger partial charge in [0.05, 0.1) is 31.8 Å². The summed E-state index contributed by atoms with van der Waals surface area (Å²) in [6.45, 7) is 2.57. The molecule has 0 fully saturated rings. The number of rotatable bonds is 17. The van der Waals surface area contributed by atoms with Gasteiger partial charge in [-0.15, -0.1) is 0 Å². The van der Waals surface area contributed by atoms with Gasteiger partial charge < -0.3 is 45.8 Å². The molecule has 0 bridgehead atoms. The molecule has 2 aliphatic heterocycles. The van der Waals surface area contributed by atoms with Crippen molar-refractivity contribution >= 4 is 40.1 Å². The lowest BCUT2D eigenvalue weighted by molar-refractivity contribution is -0.761. The first-order chi connectivity index (χ1) is 20.1. The summed E-state index contributed by atoms with van der Waals surface area (Å²) in [5.74, 6) is -0.412. The van der Waals surface area contributed by atoms with Crippen molar-refractivity contribution in [2.45, 2.75) is 63.6 Å². The molecule has 1 aromatic heterocycles. The summed E-state index contributed by atoms with van der Waals surface area (Å²) in [5.41, 5.74) is 11.3. The molecule has 0 radical (unpaired) electrons. The molecule has 6 unspecified atom stereocenters. The number of fused-ring (bicyclic) bond motifs is 1. The average Bonchev–Trinajstić information content (AvgIpc) is 3.34. The van der Waals surface area contributed by atoms with E-state index in [0.717, 1.165) is 0 Å². The number of carbonyl (C=O) groups is 1. The Morgan fingerprint density at radius 2 is 1.72 bits per heavy atom. The van der Waals surface area contributed by atoms with Crippen molar-refractivity contribution in [1.82, 2.24) is 4.90 Å². The molecule has 0 saturated heterocycles. The normalized spacial score (nSPS) is 24.3. The topological polar surface area (TPSA) is 275 Å². The molecule has 0 aliphatic carbocycles. The molecule has 1 aromatic rings. The van der Waals surface area contributed by atoms with Crippen molar-refractivity contribution in [3.8, 4) is 0 Å². The van der Waals surface area contributed by atoms with Gasteiger partial charge in [-0.3, -0.25) is 18.8 Å². The van der Waals surface area contributed by atoms with Crippen LogP contribution in [-0.2, 0) is 32.0 Å². The molecule has 43 heavy (non-hydrogen) atoms. The van der Waals surface area contributed by atoms with E-state index in [1.165, 1.54) is 43.4 Å². The zero-order chi connectivity index (χ0) is 31.9. The zero-order valence-corrected chi connectivity index (χ0v) is 25.3. The third-order valence-corrected chi connectivity index (χ3v) is 8.75. The second-order valence-electron chi connectivity index (χ2n) is 9.56. The average molecular weight is 653 g/mol. The number of amides is 1. The van der Waals surface area contributed by atoms with Gasteiger partial charge in [0, 0.05) is 13.0 Å². The fourth-order valence-corrected chi connectivity index (χ4v) is 5.83. The third kappa shape index (κ3) is 10.2. The molecule has 0 saturated carbocycles. The van der Waals surface area contributed by atoms with Gasteiger partial charge in [0.15, 0.2) is 18.6 Å². The van der Waals surface area contributed by atoms with Crippen LogP contribution >= 0.6 is 15.6 Å². The summed E-state index contributed by atoms with van der Waals surface area (Å²) in [4.78, 5) is 45.3. The van der Waals surface area contributed by atoms with Crippen LogP contribution in [0.2, 0.25) is 0 Å². The molecule has 240 valence electrons. The van der Waals surface area contributed by atoms with Gasteiger partial charge in [-0.05, 0) is 19.9 Å². The van der Waals surface area contributed by atoms with E-state index >= 15 is 0 Å². The number of nitrogens with two attached hydrogens (primary N) is 2. The Labute approximate surface area is 246 Å². The van der Waals surface area contributed by atoms with E-state index in [2.05, 4.69) is 19.3 Å². The largest absolute Gasteiger partial charge is 0.481 e. The standard InChI is InChI=1S/C22H35N7O12P2/c1-13(30)17(37-12-29-11-27-19-20(23)25-10-26-22(19)29)8-38-42(33,34)41-43(35,36)39-9-18(14(2)31)40-15(3)28-6-4-5-16(7-28)21(24)32/h4-7,10-11,13-15,17-19,22,30-31H,8-9,12H2,1-3H3,(H5-,23,24,25,26,32,33,34,35,36)/p+1/t13?,14?,15-,17-,18-,19?,22?/m1/s1. The molecular weight excluding hydrogens is 616 g/mol. The Hall–Kier alpha value is -2.67. The Morgan fingerprint density at radius 3 is 2.33 bits per heavy atom. The highest BCUT2D eigenvalue weighted by Gasteiger charge is 2.39. The van der Waals surface area contributed by atoms with E-state index in [-0.39, 0.29) is 18.1 Å². The predicted octanol–water partition coefficient (Wildman–Crippen LogP) is -1.23. The Balaban J connectivity index is 1.51. The zero-order valence-electron chi connectivity index (χ0n) is 23.5. The van der Waals surface area contributed by atoms with Gasteiger partial charge in [-0.2, -0.15) is 8.88 Å². The molecule has 21 heteroatoms. The van der Waals surface area contributed by atoms with Gasteiger partial charge in [0.2, 0.25) is 0 Å². The SMILES string of the molecule is CC(O)[C@@H](COP(=O)(O)OP(=O)(O)OC[C@@H](O[C@H](C)[n+]1cccc(C(N)=O)c1)C(C)O)OCN1C=NC2C(N)=NC=NC21. The summed E-state index contributed by atoms with van der Waals surface area (Å²) in [6.07, 6.45) is -0.500. The lowest BCUT2D eigenvalue weighted by Gasteiger charge is -2.28. The van der Waals surface area contributed by atoms with E-state index < -0.39 is 77.6 Å². The van der Waals surface area contributed by atoms with E-state index in [1.807, 2.05) is 0 Å². The maximum absolute atomic E-state index is 12.4. The number of hydrogen-bond donors (Lipinski definition) is 6. The number of hydrogen-bond acceptors (Lipinski definition) is 15. The molecule has 1 amide bonds. The maximum Gasteiger partial charge on any atom is 0.481 e. The molecule has 0 spiro atoms.